The van der Waals surface area contributed by atoms with Crippen LogP contribution in [-0.2, 0) is 6.61 Å². The van der Waals surface area contributed by atoms with Crippen LogP contribution in [0.1, 0.15) is 28.4 Å². The molecule has 150 valence electrons. The molecular weight excluding hydrogens is 386 g/mol. The van der Waals surface area contributed by atoms with Crippen LogP contribution >= 0.6 is 11.6 Å². The number of hydrogen-bond donors (Lipinski definition) is 1. The van der Waals surface area contributed by atoms with Gasteiger partial charge in [-0.2, -0.15) is 0 Å². The summed E-state index contributed by atoms with van der Waals surface area (Å²) in [6, 6.07) is 22.3. The van der Waals surface area contributed by atoms with Crippen molar-refractivity contribution in [2.45, 2.75) is 26.5 Å². The van der Waals surface area contributed by atoms with Gasteiger partial charge in [-0.15, -0.1) is 0 Å². The van der Waals surface area contributed by atoms with Crippen molar-refractivity contribution in [2.75, 3.05) is 6.61 Å². The number of benzene rings is 3. The molecule has 3 aromatic rings. The van der Waals surface area contributed by atoms with Crippen molar-refractivity contribution >= 4 is 17.5 Å². The van der Waals surface area contributed by atoms with E-state index in [4.69, 9.17) is 21.1 Å². The third kappa shape index (κ3) is 6.26. The number of halogens is 1. The minimum Gasteiger partial charge on any atom is -0.491 e. The highest BCUT2D eigenvalue weighted by molar-refractivity contribution is 6.31. The highest BCUT2D eigenvalue weighted by atomic mass is 35.5. The van der Waals surface area contributed by atoms with E-state index in [9.17, 15) is 4.79 Å². The number of amides is 1. The van der Waals surface area contributed by atoms with Crippen LogP contribution in [0.5, 0.6) is 11.5 Å². The number of carbonyl (C=O) groups excluding carboxylic acids is 1. The number of rotatable bonds is 8. The number of nitrogens with one attached hydrogen (secondary N) is 1. The van der Waals surface area contributed by atoms with E-state index in [2.05, 4.69) is 5.32 Å². The summed E-state index contributed by atoms with van der Waals surface area (Å²) in [6.45, 7) is 4.66. The van der Waals surface area contributed by atoms with E-state index >= 15 is 0 Å². The number of aryl methyl sites for hydroxylation is 1. The van der Waals surface area contributed by atoms with Gasteiger partial charge < -0.3 is 14.8 Å². The first-order chi connectivity index (χ1) is 14.0. The van der Waals surface area contributed by atoms with Crippen LogP contribution < -0.4 is 14.8 Å². The predicted octanol–water partition coefficient (Wildman–Crippen LogP) is 5.42. The van der Waals surface area contributed by atoms with Crippen molar-refractivity contribution in [3.8, 4) is 11.5 Å². The zero-order valence-corrected chi connectivity index (χ0v) is 17.3. The molecule has 0 heterocycles. The number of carbonyl (C=O) groups is 1. The number of ether oxygens (including phenoxy) is 2. The smallest absolute Gasteiger partial charge is 0.251 e. The Labute approximate surface area is 176 Å². The van der Waals surface area contributed by atoms with Gasteiger partial charge in [-0.25, -0.2) is 0 Å². The molecule has 29 heavy (non-hydrogen) atoms. The summed E-state index contributed by atoms with van der Waals surface area (Å²) < 4.78 is 11.5. The Bertz CT molecular complexity index is 956. The molecule has 4 nitrogen and oxygen atoms in total. The molecule has 1 amide bonds. The van der Waals surface area contributed by atoms with Crippen molar-refractivity contribution in [1.29, 1.82) is 0 Å². The van der Waals surface area contributed by atoms with E-state index in [0.717, 1.165) is 11.3 Å². The van der Waals surface area contributed by atoms with Crippen molar-refractivity contribution in [3.05, 3.63) is 94.5 Å². The zero-order chi connectivity index (χ0) is 20.6. The normalized spacial score (nSPS) is 11.6. The van der Waals surface area contributed by atoms with Crippen LogP contribution in [0.15, 0.2) is 72.8 Å². The lowest BCUT2D eigenvalue weighted by Crippen LogP contribution is -2.36. The molecule has 0 aliphatic heterocycles. The van der Waals surface area contributed by atoms with E-state index < -0.39 is 0 Å². The van der Waals surface area contributed by atoms with Crippen molar-refractivity contribution < 1.29 is 14.3 Å². The third-order valence-corrected chi connectivity index (χ3v) is 4.72. The van der Waals surface area contributed by atoms with E-state index in [-0.39, 0.29) is 11.9 Å². The molecule has 0 spiro atoms. The lowest BCUT2D eigenvalue weighted by atomic mass is 10.2. The Hall–Kier alpha value is -2.98. The monoisotopic (exact) mass is 409 g/mol. The molecular formula is C24H24ClNO3. The zero-order valence-electron chi connectivity index (χ0n) is 16.5. The largest absolute Gasteiger partial charge is 0.491 e. The van der Waals surface area contributed by atoms with Gasteiger partial charge in [-0.1, -0.05) is 53.6 Å². The summed E-state index contributed by atoms with van der Waals surface area (Å²) in [6.07, 6.45) is 0. The fourth-order valence-corrected chi connectivity index (χ4v) is 2.90. The van der Waals surface area contributed by atoms with Crippen LogP contribution in [-0.4, -0.2) is 18.6 Å². The minimum absolute atomic E-state index is 0.142. The van der Waals surface area contributed by atoms with Crippen molar-refractivity contribution in [3.63, 3.8) is 0 Å². The molecule has 0 radical (unpaired) electrons. The second-order valence-corrected chi connectivity index (χ2v) is 7.31. The average molecular weight is 410 g/mol. The maximum absolute atomic E-state index is 12.5. The molecule has 0 aromatic heterocycles. The third-order valence-electron chi connectivity index (χ3n) is 4.35. The van der Waals surface area contributed by atoms with Gasteiger partial charge in [0.15, 0.2) is 0 Å². The fraction of sp³-hybridized carbons (Fsp3) is 0.208. The first kappa shape index (κ1) is 20.7. The molecule has 1 atom stereocenters. The standard InChI is InChI=1S/C24H24ClNO3/c1-17-10-12-21(13-11-17)28-15-18(2)26-24(27)19-7-5-8-22(14-19)29-16-20-6-3-4-9-23(20)25/h3-14,18H,15-16H2,1-2H3,(H,26,27)/t18-/m0/s1. The maximum Gasteiger partial charge on any atom is 0.251 e. The predicted molar refractivity (Wildman–Crippen MR) is 116 cm³/mol. The lowest BCUT2D eigenvalue weighted by molar-refractivity contribution is 0.0926. The average Bonchev–Trinajstić information content (AvgIpc) is 2.73. The van der Waals surface area contributed by atoms with Crippen LogP contribution in [0.4, 0.5) is 0 Å². The number of hydrogen-bond acceptors (Lipinski definition) is 3. The molecule has 3 rings (SSSR count). The lowest BCUT2D eigenvalue weighted by Gasteiger charge is -2.16. The molecule has 0 unspecified atom stereocenters. The second kappa shape index (κ2) is 9.99. The van der Waals surface area contributed by atoms with E-state index in [1.165, 1.54) is 5.56 Å². The first-order valence-corrected chi connectivity index (χ1v) is 9.85. The van der Waals surface area contributed by atoms with Crippen molar-refractivity contribution in [2.24, 2.45) is 0 Å². The van der Waals surface area contributed by atoms with Gasteiger partial charge in [0.05, 0.1) is 6.04 Å². The SMILES string of the molecule is Cc1ccc(OC[C@H](C)NC(=O)c2cccc(OCc3ccccc3Cl)c2)cc1. The summed E-state index contributed by atoms with van der Waals surface area (Å²) in [5.74, 6) is 1.22. The molecule has 1 N–H and O–H groups in total. The Kier molecular flexibility index (Phi) is 7.14. The van der Waals surface area contributed by atoms with Crippen LogP contribution in [0.25, 0.3) is 0 Å². The molecule has 5 heteroatoms. The van der Waals surface area contributed by atoms with Gasteiger partial charge in [0, 0.05) is 16.1 Å². The van der Waals surface area contributed by atoms with Crippen LogP contribution in [0.3, 0.4) is 0 Å². The van der Waals surface area contributed by atoms with Gasteiger partial charge in [0.1, 0.15) is 24.7 Å². The summed E-state index contributed by atoms with van der Waals surface area (Å²) in [5, 5.41) is 3.60. The molecule has 0 bridgehead atoms. The van der Waals surface area contributed by atoms with Crippen LogP contribution in [0, 0.1) is 6.92 Å². The highest BCUT2D eigenvalue weighted by Gasteiger charge is 2.11. The van der Waals surface area contributed by atoms with Crippen molar-refractivity contribution in [1.82, 2.24) is 5.32 Å². The van der Waals surface area contributed by atoms with E-state index in [0.29, 0.717) is 29.5 Å². The Balaban J connectivity index is 1.53. The van der Waals surface area contributed by atoms with Gasteiger partial charge in [-0.05, 0) is 50.2 Å². The van der Waals surface area contributed by atoms with Gasteiger partial charge in [-0.3, -0.25) is 4.79 Å². The Morgan fingerprint density at radius 2 is 1.72 bits per heavy atom. The Morgan fingerprint density at radius 3 is 2.48 bits per heavy atom. The van der Waals surface area contributed by atoms with E-state index in [1.807, 2.05) is 68.4 Å². The summed E-state index contributed by atoms with van der Waals surface area (Å²) in [5.41, 5.74) is 2.60. The summed E-state index contributed by atoms with van der Waals surface area (Å²) >= 11 is 6.16. The molecule has 0 fully saturated rings. The molecule has 3 aromatic carbocycles. The summed E-state index contributed by atoms with van der Waals surface area (Å²) in [4.78, 5) is 12.5. The molecule has 0 aliphatic rings. The second-order valence-electron chi connectivity index (χ2n) is 6.91. The van der Waals surface area contributed by atoms with Gasteiger partial charge in [0.25, 0.3) is 5.91 Å². The molecule has 0 aliphatic carbocycles. The van der Waals surface area contributed by atoms with Crippen LogP contribution in [0.2, 0.25) is 5.02 Å². The molecule has 0 saturated heterocycles. The van der Waals surface area contributed by atoms with E-state index in [1.54, 1.807) is 18.2 Å². The first-order valence-electron chi connectivity index (χ1n) is 9.48. The quantitative estimate of drug-likeness (QED) is 0.540. The topological polar surface area (TPSA) is 47.6 Å². The Morgan fingerprint density at radius 1 is 0.966 bits per heavy atom. The molecule has 0 saturated carbocycles. The maximum atomic E-state index is 12.5. The van der Waals surface area contributed by atoms with Gasteiger partial charge in [0.2, 0.25) is 0 Å². The fourth-order valence-electron chi connectivity index (χ4n) is 2.71. The van der Waals surface area contributed by atoms with Gasteiger partial charge >= 0.3 is 0 Å². The minimum atomic E-state index is -0.173. The highest BCUT2D eigenvalue weighted by Crippen LogP contribution is 2.19. The summed E-state index contributed by atoms with van der Waals surface area (Å²) in [7, 11) is 0.